The molecule has 100 valence electrons. The predicted molar refractivity (Wildman–Crippen MR) is 70.0 cm³/mol. The van der Waals surface area contributed by atoms with Crippen molar-refractivity contribution in [2.75, 3.05) is 5.73 Å². The zero-order valence-electron chi connectivity index (χ0n) is 10.5. The summed E-state index contributed by atoms with van der Waals surface area (Å²) in [4.78, 5) is 11.9. The molecular formula is C13H15FN4O. The van der Waals surface area contributed by atoms with Gasteiger partial charge < -0.3 is 11.1 Å². The van der Waals surface area contributed by atoms with Crippen LogP contribution in [-0.4, -0.2) is 22.1 Å². The van der Waals surface area contributed by atoms with Gasteiger partial charge in [0.25, 0.3) is 5.91 Å². The zero-order valence-corrected chi connectivity index (χ0v) is 10.5. The number of carbonyl (C=O) groups is 1. The highest BCUT2D eigenvalue weighted by Gasteiger charge is 2.14. The van der Waals surface area contributed by atoms with E-state index in [2.05, 4.69) is 15.5 Å². The minimum atomic E-state index is -0.277. The summed E-state index contributed by atoms with van der Waals surface area (Å²) >= 11 is 0. The Bertz CT molecular complexity index is 564. The van der Waals surface area contributed by atoms with Crippen molar-refractivity contribution in [3.8, 4) is 0 Å². The number of aromatic nitrogens is 2. The van der Waals surface area contributed by atoms with Gasteiger partial charge in [0.2, 0.25) is 0 Å². The Hall–Kier alpha value is -2.37. The fourth-order valence-electron chi connectivity index (χ4n) is 1.80. The SMILES string of the molecule is CC(Cc1ccc(F)cc1)NC(=O)c1cn[nH]c1N. The number of rotatable bonds is 4. The van der Waals surface area contributed by atoms with Gasteiger partial charge in [-0.3, -0.25) is 9.89 Å². The van der Waals surface area contributed by atoms with Gasteiger partial charge in [0.05, 0.1) is 6.20 Å². The van der Waals surface area contributed by atoms with Gasteiger partial charge in [-0.15, -0.1) is 0 Å². The minimum Gasteiger partial charge on any atom is -0.383 e. The van der Waals surface area contributed by atoms with Crippen LogP contribution < -0.4 is 11.1 Å². The smallest absolute Gasteiger partial charge is 0.256 e. The van der Waals surface area contributed by atoms with Crippen molar-refractivity contribution in [3.05, 3.63) is 47.4 Å². The third kappa shape index (κ3) is 3.31. The lowest BCUT2D eigenvalue weighted by atomic mass is 10.1. The first kappa shape index (κ1) is 13.1. The number of halogens is 1. The molecule has 1 unspecified atom stereocenters. The van der Waals surface area contributed by atoms with Gasteiger partial charge in [-0.25, -0.2) is 4.39 Å². The molecule has 1 aromatic carbocycles. The van der Waals surface area contributed by atoms with Gasteiger partial charge in [0, 0.05) is 6.04 Å². The molecule has 0 aliphatic rings. The second-order valence-electron chi connectivity index (χ2n) is 4.40. The standard InChI is InChI=1S/C13H15FN4O/c1-8(6-9-2-4-10(14)5-3-9)17-13(19)11-7-16-18-12(11)15/h2-5,7-8H,6H2,1H3,(H,17,19)(H3,15,16,18). The number of H-pyrrole nitrogens is 1. The zero-order chi connectivity index (χ0) is 13.8. The highest BCUT2D eigenvalue weighted by molar-refractivity contribution is 5.98. The first-order valence-electron chi connectivity index (χ1n) is 5.90. The third-order valence-corrected chi connectivity index (χ3v) is 2.75. The molecule has 0 saturated heterocycles. The second-order valence-corrected chi connectivity index (χ2v) is 4.40. The van der Waals surface area contributed by atoms with Gasteiger partial charge in [0.1, 0.15) is 17.2 Å². The number of nitrogens with zero attached hydrogens (tertiary/aromatic N) is 1. The van der Waals surface area contributed by atoms with Crippen LogP contribution in [0.2, 0.25) is 0 Å². The van der Waals surface area contributed by atoms with Crippen LogP contribution in [0.5, 0.6) is 0 Å². The fraction of sp³-hybridized carbons (Fsp3) is 0.231. The molecule has 1 atom stereocenters. The van der Waals surface area contributed by atoms with Crippen LogP contribution in [0.25, 0.3) is 0 Å². The number of benzene rings is 1. The van der Waals surface area contributed by atoms with Crippen LogP contribution in [0.3, 0.4) is 0 Å². The lowest BCUT2D eigenvalue weighted by Crippen LogP contribution is -2.34. The van der Waals surface area contributed by atoms with Crippen LogP contribution >= 0.6 is 0 Å². The molecular weight excluding hydrogens is 247 g/mol. The quantitative estimate of drug-likeness (QED) is 0.780. The molecule has 0 radical (unpaired) electrons. The van der Waals surface area contributed by atoms with Crippen LogP contribution in [0.4, 0.5) is 10.2 Å². The number of hydrogen-bond donors (Lipinski definition) is 3. The summed E-state index contributed by atoms with van der Waals surface area (Å²) in [6.45, 7) is 1.87. The van der Waals surface area contributed by atoms with Crippen LogP contribution in [0.15, 0.2) is 30.5 Å². The molecule has 6 heteroatoms. The number of anilines is 1. The normalized spacial score (nSPS) is 12.1. The van der Waals surface area contributed by atoms with Gasteiger partial charge >= 0.3 is 0 Å². The van der Waals surface area contributed by atoms with Crippen molar-refractivity contribution in [3.63, 3.8) is 0 Å². The molecule has 0 spiro atoms. The Balaban J connectivity index is 1.94. The summed E-state index contributed by atoms with van der Waals surface area (Å²) in [6.07, 6.45) is 2.00. The molecule has 4 N–H and O–H groups in total. The Morgan fingerprint density at radius 2 is 2.16 bits per heavy atom. The number of hydrogen-bond acceptors (Lipinski definition) is 3. The number of nitrogens with two attached hydrogens (primary N) is 1. The van der Waals surface area contributed by atoms with E-state index in [0.717, 1.165) is 5.56 Å². The van der Waals surface area contributed by atoms with Crippen molar-refractivity contribution in [1.82, 2.24) is 15.5 Å². The molecule has 1 aromatic heterocycles. The van der Waals surface area contributed by atoms with E-state index < -0.39 is 0 Å². The highest BCUT2D eigenvalue weighted by atomic mass is 19.1. The van der Waals surface area contributed by atoms with E-state index in [0.29, 0.717) is 12.0 Å². The first-order valence-corrected chi connectivity index (χ1v) is 5.90. The summed E-state index contributed by atoms with van der Waals surface area (Å²) < 4.78 is 12.8. The van der Waals surface area contributed by atoms with E-state index >= 15 is 0 Å². The fourth-order valence-corrected chi connectivity index (χ4v) is 1.80. The third-order valence-electron chi connectivity index (χ3n) is 2.75. The molecule has 1 heterocycles. The summed E-state index contributed by atoms with van der Waals surface area (Å²) in [5, 5.41) is 9.01. The Kier molecular flexibility index (Phi) is 3.79. The maximum atomic E-state index is 12.8. The molecule has 19 heavy (non-hydrogen) atoms. The van der Waals surface area contributed by atoms with Crippen molar-refractivity contribution >= 4 is 11.7 Å². The van der Waals surface area contributed by atoms with E-state index in [1.807, 2.05) is 6.92 Å². The predicted octanol–water partition coefficient (Wildman–Crippen LogP) is 1.49. The molecule has 0 aliphatic carbocycles. The van der Waals surface area contributed by atoms with Crippen LogP contribution in [-0.2, 0) is 6.42 Å². The lowest BCUT2D eigenvalue weighted by Gasteiger charge is -2.13. The van der Waals surface area contributed by atoms with Crippen LogP contribution in [0, 0.1) is 5.82 Å². The number of nitrogens with one attached hydrogen (secondary N) is 2. The number of amides is 1. The topological polar surface area (TPSA) is 83.8 Å². The van der Waals surface area contributed by atoms with E-state index in [9.17, 15) is 9.18 Å². The van der Waals surface area contributed by atoms with Gasteiger partial charge in [-0.05, 0) is 31.0 Å². The summed E-state index contributed by atoms with van der Waals surface area (Å²) in [5.41, 5.74) is 6.84. The molecule has 0 aliphatic heterocycles. The summed E-state index contributed by atoms with van der Waals surface area (Å²) in [5.74, 6) is -0.307. The summed E-state index contributed by atoms with van der Waals surface area (Å²) in [6, 6.07) is 6.11. The first-order chi connectivity index (χ1) is 9.06. The molecule has 5 nitrogen and oxygen atoms in total. The Morgan fingerprint density at radius 3 is 2.74 bits per heavy atom. The molecule has 2 rings (SSSR count). The minimum absolute atomic E-state index is 0.0905. The second kappa shape index (κ2) is 5.51. The number of aromatic amines is 1. The summed E-state index contributed by atoms with van der Waals surface area (Å²) in [7, 11) is 0. The number of carbonyl (C=O) groups excluding carboxylic acids is 1. The average molecular weight is 262 g/mol. The van der Waals surface area contributed by atoms with Crippen LogP contribution in [0.1, 0.15) is 22.8 Å². The van der Waals surface area contributed by atoms with Gasteiger partial charge in [-0.2, -0.15) is 5.10 Å². The number of nitrogen functional groups attached to an aromatic ring is 1. The largest absolute Gasteiger partial charge is 0.383 e. The van der Waals surface area contributed by atoms with Gasteiger partial charge in [0.15, 0.2) is 0 Å². The maximum Gasteiger partial charge on any atom is 0.256 e. The highest BCUT2D eigenvalue weighted by Crippen LogP contribution is 2.08. The lowest BCUT2D eigenvalue weighted by molar-refractivity contribution is 0.0941. The van der Waals surface area contributed by atoms with E-state index in [1.54, 1.807) is 12.1 Å². The van der Waals surface area contributed by atoms with E-state index in [4.69, 9.17) is 5.73 Å². The monoisotopic (exact) mass is 262 g/mol. The van der Waals surface area contributed by atoms with Crippen molar-refractivity contribution in [1.29, 1.82) is 0 Å². The Labute approximate surface area is 110 Å². The molecule has 0 saturated carbocycles. The molecule has 0 fully saturated rings. The molecule has 2 aromatic rings. The average Bonchev–Trinajstić information content (AvgIpc) is 2.78. The molecule has 0 bridgehead atoms. The van der Waals surface area contributed by atoms with Crippen molar-refractivity contribution in [2.45, 2.75) is 19.4 Å². The van der Waals surface area contributed by atoms with E-state index in [-0.39, 0.29) is 23.6 Å². The van der Waals surface area contributed by atoms with Crippen molar-refractivity contribution < 1.29 is 9.18 Å². The van der Waals surface area contributed by atoms with Crippen molar-refractivity contribution in [2.24, 2.45) is 0 Å². The maximum absolute atomic E-state index is 12.8. The van der Waals surface area contributed by atoms with E-state index in [1.165, 1.54) is 18.3 Å². The van der Waals surface area contributed by atoms with Gasteiger partial charge in [-0.1, -0.05) is 12.1 Å². The molecule has 1 amide bonds. The Morgan fingerprint density at radius 1 is 1.47 bits per heavy atom.